The van der Waals surface area contributed by atoms with Gasteiger partial charge in [0.05, 0.1) is 12.7 Å². The lowest BCUT2D eigenvalue weighted by molar-refractivity contribution is -0.150. The molecule has 2 saturated heterocycles. The minimum Gasteiger partial charge on any atom is -0.375 e. The van der Waals surface area contributed by atoms with E-state index in [1.54, 1.807) is 0 Å². The summed E-state index contributed by atoms with van der Waals surface area (Å²) in [5, 5.41) is 0. The standard InChI is InChI=1S/C15H26N2O3/c16-12-4-1-3-11(9-12)15(18)17-6-8-20-14(10-17)13-5-2-7-19-13/h11-14H,1-10,16H2/t11-,12+,13-,14+/m0/s1. The number of morpholine rings is 1. The van der Waals surface area contributed by atoms with Crippen molar-refractivity contribution in [2.45, 2.75) is 56.8 Å². The molecule has 0 spiro atoms. The molecule has 114 valence electrons. The summed E-state index contributed by atoms with van der Waals surface area (Å²) >= 11 is 0. The maximum Gasteiger partial charge on any atom is 0.225 e. The SMILES string of the molecule is N[C@@H]1CCC[C@H](C(=O)N2CCO[C@@H]([C@@H]3CCCO3)C2)C1. The Balaban J connectivity index is 1.56. The largest absolute Gasteiger partial charge is 0.375 e. The van der Waals surface area contributed by atoms with Gasteiger partial charge >= 0.3 is 0 Å². The molecule has 4 atom stereocenters. The number of rotatable bonds is 2. The van der Waals surface area contributed by atoms with Crippen LogP contribution in [-0.4, -0.2) is 55.4 Å². The van der Waals surface area contributed by atoms with Crippen LogP contribution in [0.3, 0.4) is 0 Å². The zero-order valence-corrected chi connectivity index (χ0v) is 12.1. The van der Waals surface area contributed by atoms with Crippen LogP contribution in [-0.2, 0) is 14.3 Å². The minimum absolute atomic E-state index is 0.0625. The molecule has 2 heterocycles. The molecule has 0 aromatic rings. The maximum absolute atomic E-state index is 12.6. The lowest BCUT2D eigenvalue weighted by Gasteiger charge is -2.38. The van der Waals surface area contributed by atoms with E-state index in [0.29, 0.717) is 19.7 Å². The van der Waals surface area contributed by atoms with Gasteiger partial charge in [0.25, 0.3) is 0 Å². The highest BCUT2D eigenvalue weighted by Gasteiger charge is 2.35. The summed E-state index contributed by atoms with van der Waals surface area (Å²) < 4.78 is 11.5. The van der Waals surface area contributed by atoms with Crippen LogP contribution in [0.2, 0.25) is 0 Å². The third kappa shape index (κ3) is 3.15. The molecule has 1 saturated carbocycles. The molecule has 0 aromatic heterocycles. The first kappa shape index (κ1) is 14.3. The zero-order valence-electron chi connectivity index (χ0n) is 12.1. The van der Waals surface area contributed by atoms with Crippen molar-refractivity contribution >= 4 is 5.91 Å². The lowest BCUT2D eigenvalue weighted by atomic mass is 9.85. The molecule has 2 N–H and O–H groups in total. The van der Waals surface area contributed by atoms with Crippen LogP contribution in [0.5, 0.6) is 0 Å². The Labute approximate surface area is 120 Å². The van der Waals surface area contributed by atoms with E-state index < -0.39 is 0 Å². The van der Waals surface area contributed by atoms with Crippen LogP contribution in [0, 0.1) is 5.92 Å². The van der Waals surface area contributed by atoms with Gasteiger partial charge in [-0.15, -0.1) is 0 Å². The molecule has 3 rings (SSSR count). The van der Waals surface area contributed by atoms with Crippen LogP contribution >= 0.6 is 0 Å². The topological polar surface area (TPSA) is 64.8 Å². The molecule has 3 aliphatic rings. The summed E-state index contributed by atoms with van der Waals surface area (Å²) in [6, 6.07) is 0.202. The second kappa shape index (κ2) is 6.41. The summed E-state index contributed by atoms with van der Waals surface area (Å²) in [5.74, 6) is 0.411. The number of hydrogen-bond donors (Lipinski definition) is 1. The first-order valence-corrected chi connectivity index (χ1v) is 8.01. The molecule has 1 amide bonds. The van der Waals surface area contributed by atoms with E-state index in [4.69, 9.17) is 15.2 Å². The first-order chi connectivity index (χ1) is 9.74. The van der Waals surface area contributed by atoms with Gasteiger partial charge in [-0.1, -0.05) is 6.42 Å². The molecule has 20 heavy (non-hydrogen) atoms. The Kier molecular flexibility index (Phi) is 4.58. The molecule has 0 bridgehead atoms. The normalized spacial score (nSPS) is 39.0. The summed E-state index contributed by atoms with van der Waals surface area (Å²) in [6.45, 7) is 2.87. The molecule has 5 heteroatoms. The van der Waals surface area contributed by atoms with Gasteiger partial charge in [0.15, 0.2) is 0 Å². The molecule has 0 unspecified atom stereocenters. The lowest BCUT2D eigenvalue weighted by Crippen LogP contribution is -2.52. The quantitative estimate of drug-likeness (QED) is 0.817. The number of amides is 1. The molecular formula is C15H26N2O3. The Morgan fingerprint density at radius 3 is 2.65 bits per heavy atom. The second-order valence-electron chi connectivity index (χ2n) is 6.37. The van der Waals surface area contributed by atoms with Gasteiger partial charge in [-0.2, -0.15) is 0 Å². The van der Waals surface area contributed by atoms with Crippen LogP contribution in [0.15, 0.2) is 0 Å². The summed E-state index contributed by atoms with van der Waals surface area (Å²) in [5.41, 5.74) is 6.00. The average molecular weight is 282 g/mol. The number of hydrogen-bond acceptors (Lipinski definition) is 4. The molecular weight excluding hydrogens is 256 g/mol. The van der Waals surface area contributed by atoms with E-state index in [2.05, 4.69) is 0 Å². The minimum atomic E-state index is 0.0625. The summed E-state index contributed by atoms with van der Waals surface area (Å²) in [7, 11) is 0. The fourth-order valence-corrected chi connectivity index (χ4v) is 3.71. The molecule has 2 aliphatic heterocycles. The number of nitrogens with two attached hydrogens (primary N) is 1. The maximum atomic E-state index is 12.6. The van der Waals surface area contributed by atoms with E-state index in [-0.39, 0.29) is 30.1 Å². The number of carbonyl (C=O) groups excluding carboxylic acids is 1. The average Bonchev–Trinajstić information content (AvgIpc) is 3.01. The summed E-state index contributed by atoms with van der Waals surface area (Å²) in [4.78, 5) is 14.6. The van der Waals surface area contributed by atoms with E-state index in [0.717, 1.165) is 45.1 Å². The molecule has 0 radical (unpaired) electrons. The van der Waals surface area contributed by atoms with Crippen molar-refractivity contribution in [3.8, 4) is 0 Å². The number of nitrogens with zero attached hydrogens (tertiary/aromatic N) is 1. The van der Waals surface area contributed by atoms with Crippen LogP contribution in [0.4, 0.5) is 0 Å². The predicted molar refractivity (Wildman–Crippen MR) is 75.2 cm³/mol. The van der Waals surface area contributed by atoms with E-state index in [1.807, 2.05) is 4.90 Å². The third-order valence-electron chi connectivity index (χ3n) is 4.85. The molecule has 3 fully saturated rings. The summed E-state index contributed by atoms with van der Waals surface area (Å²) in [6.07, 6.45) is 6.39. The second-order valence-corrected chi connectivity index (χ2v) is 6.37. The molecule has 0 aromatic carbocycles. The van der Waals surface area contributed by atoms with Gasteiger partial charge in [-0.05, 0) is 32.1 Å². The van der Waals surface area contributed by atoms with Gasteiger partial charge in [0, 0.05) is 31.7 Å². The van der Waals surface area contributed by atoms with Crippen molar-refractivity contribution in [2.24, 2.45) is 11.7 Å². The Hall–Kier alpha value is -0.650. The Morgan fingerprint density at radius 2 is 1.90 bits per heavy atom. The van der Waals surface area contributed by atoms with Crippen LogP contribution < -0.4 is 5.73 Å². The van der Waals surface area contributed by atoms with Gasteiger partial charge in [0.2, 0.25) is 5.91 Å². The molecule has 1 aliphatic carbocycles. The third-order valence-corrected chi connectivity index (χ3v) is 4.85. The van der Waals surface area contributed by atoms with Crippen LogP contribution in [0.25, 0.3) is 0 Å². The Bertz CT molecular complexity index is 344. The van der Waals surface area contributed by atoms with E-state index >= 15 is 0 Å². The van der Waals surface area contributed by atoms with Gasteiger partial charge in [-0.25, -0.2) is 0 Å². The van der Waals surface area contributed by atoms with Crippen molar-refractivity contribution in [1.29, 1.82) is 0 Å². The predicted octanol–water partition coefficient (Wildman–Crippen LogP) is 0.910. The van der Waals surface area contributed by atoms with E-state index in [9.17, 15) is 4.79 Å². The number of carbonyl (C=O) groups is 1. The highest BCUT2D eigenvalue weighted by atomic mass is 16.5. The van der Waals surface area contributed by atoms with Crippen molar-refractivity contribution in [2.75, 3.05) is 26.3 Å². The monoisotopic (exact) mass is 282 g/mol. The molecule has 5 nitrogen and oxygen atoms in total. The highest BCUT2D eigenvalue weighted by molar-refractivity contribution is 5.79. The Morgan fingerprint density at radius 1 is 1.05 bits per heavy atom. The smallest absolute Gasteiger partial charge is 0.225 e. The number of ether oxygens (including phenoxy) is 2. The van der Waals surface area contributed by atoms with Gasteiger partial charge in [0.1, 0.15) is 6.10 Å². The van der Waals surface area contributed by atoms with Crippen LogP contribution in [0.1, 0.15) is 38.5 Å². The van der Waals surface area contributed by atoms with Gasteiger partial charge < -0.3 is 20.1 Å². The van der Waals surface area contributed by atoms with Crippen molar-refractivity contribution in [3.63, 3.8) is 0 Å². The van der Waals surface area contributed by atoms with E-state index in [1.165, 1.54) is 0 Å². The van der Waals surface area contributed by atoms with Gasteiger partial charge in [-0.3, -0.25) is 4.79 Å². The van der Waals surface area contributed by atoms with Crippen molar-refractivity contribution < 1.29 is 14.3 Å². The first-order valence-electron chi connectivity index (χ1n) is 8.01. The zero-order chi connectivity index (χ0) is 13.9. The fraction of sp³-hybridized carbons (Fsp3) is 0.933. The highest BCUT2D eigenvalue weighted by Crippen LogP contribution is 2.27. The fourth-order valence-electron chi connectivity index (χ4n) is 3.71. The van der Waals surface area contributed by atoms with Crippen molar-refractivity contribution in [3.05, 3.63) is 0 Å². The van der Waals surface area contributed by atoms with Crippen molar-refractivity contribution in [1.82, 2.24) is 4.90 Å².